The highest BCUT2D eigenvalue weighted by atomic mass is 28.3. The van der Waals surface area contributed by atoms with Gasteiger partial charge in [0.25, 0.3) is 0 Å². The topological polar surface area (TPSA) is 12.0 Å². The van der Waals surface area contributed by atoms with Crippen molar-refractivity contribution in [3.8, 4) is 0 Å². The van der Waals surface area contributed by atoms with Crippen molar-refractivity contribution in [3.63, 3.8) is 0 Å². The summed E-state index contributed by atoms with van der Waals surface area (Å²) in [4.78, 5) is 0. The minimum Gasteiger partial charge on any atom is -0.385 e. The van der Waals surface area contributed by atoms with E-state index in [4.69, 9.17) is 0 Å². The zero-order valence-corrected chi connectivity index (χ0v) is 10.9. The average molecular weight is 207 g/mol. The molecule has 0 fully saturated rings. The first-order valence-corrected chi connectivity index (χ1v) is 8.80. The highest BCUT2D eigenvalue weighted by Gasteiger charge is 2.21. The second-order valence-electron chi connectivity index (χ2n) is 5.10. The molecule has 0 aliphatic rings. The molecule has 78 valence electrons. The summed E-state index contributed by atoms with van der Waals surface area (Å²) in [5, 5.41) is 3.57. The van der Waals surface area contributed by atoms with E-state index in [-0.39, 0.29) is 0 Å². The van der Waals surface area contributed by atoms with Crippen LogP contribution in [0.4, 0.5) is 5.69 Å². The van der Waals surface area contributed by atoms with Crippen molar-refractivity contribution >= 4 is 13.8 Å². The van der Waals surface area contributed by atoms with Crippen molar-refractivity contribution in [1.29, 1.82) is 0 Å². The van der Waals surface area contributed by atoms with Gasteiger partial charge >= 0.3 is 0 Å². The number of aryl methyl sites for hydroxylation is 1. The first kappa shape index (κ1) is 11.3. The lowest BCUT2D eigenvalue weighted by molar-refractivity contribution is 1.04. The molecule has 1 rings (SSSR count). The Morgan fingerprint density at radius 2 is 1.57 bits per heavy atom. The summed E-state index contributed by atoms with van der Waals surface area (Å²) in [6.45, 7) is 11.6. The van der Waals surface area contributed by atoms with Gasteiger partial charge in [0.1, 0.15) is 0 Å². The summed E-state index contributed by atoms with van der Waals surface area (Å²) in [5.74, 6) is 0. The largest absolute Gasteiger partial charge is 0.385 e. The minimum atomic E-state index is -1.07. The smallest absolute Gasteiger partial charge is 0.0697 e. The van der Waals surface area contributed by atoms with Gasteiger partial charge in [-0.05, 0) is 26.0 Å². The van der Waals surface area contributed by atoms with Crippen LogP contribution in [0.5, 0.6) is 0 Å². The number of rotatable bonds is 3. The lowest BCUT2D eigenvalue weighted by atomic mass is 10.2. The number of anilines is 1. The zero-order chi connectivity index (χ0) is 10.8. The predicted octanol–water partition coefficient (Wildman–Crippen LogP) is 3.67. The fourth-order valence-electron chi connectivity index (χ4n) is 1.12. The van der Waals surface area contributed by atoms with Gasteiger partial charge in [-0.25, -0.2) is 0 Å². The third-order valence-corrected chi connectivity index (χ3v) is 5.48. The first-order chi connectivity index (χ1) is 6.39. The Hall–Kier alpha value is -0.763. The molecule has 1 aromatic carbocycles. The van der Waals surface area contributed by atoms with Gasteiger partial charge in [-0.15, -0.1) is 0 Å². The molecule has 0 aromatic heterocycles. The molecule has 0 amide bonds. The fraction of sp³-hybridized carbons (Fsp3) is 0.500. The van der Waals surface area contributed by atoms with E-state index in [0.717, 1.165) is 0 Å². The van der Waals surface area contributed by atoms with Crippen LogP contribution in [0.1, 0.15) is 12.5 Å². The van der Waals surface area contributed by atoms with E-state index < -0.39 is 8.07 Å². The van der Waals surface area contributed by atoms with Gasteiger partial charge in [0.15, 0.2) is 0 Å². The van der Waals surface area contributed by atoms with E-state index in [1.54, 1.807) is 0 Å². The van der Waals surface area contributed by atoms with Crippen molar-refractivity contribution in [3.05, 3.63) is 29.8 Å². The molecule has 0 spiro atoms. The quantitative estimate of drug-likeness (QED) is 0.746. The van der Waals surface area contributed by atoms with E-state index in [9.17, 15) is 0 Å². The van der Waals surface area contributed by atoms with E-state index in [1.807, 2.05) is 0 Å². The Kier molecular flexibility index (Phi) is 3.37. The summed E-state index contributed by atoms with van der Waals surface area (Å²) < 4.78 is 0. The molecule has 0 heterocycles. The van der Waals surface area contributed by atoms with Crippen molar-refractivity contribution < 1.29 is 0 Å². The summed E-state index contributed by atoms with van der Waals surface area (Å²) in [7, 11) is -1.07. The summed E-state index contributed by atoms with van der Waals surface area (Å²) in [5.41, 5.74) is 3.17. The molecule has 0 aliphatic carbocycles. The van der Waals surface area contributed by atoms with Crippen LogP contribution in [-0.4, -0.2) is 13.7 Å². The minimum absolute atomic E-state index is 0.616. The van der Waals surface area contributed by atoms with Gasteiger partial charge in [0, 0.05) is 11.4 Å². The van der Waals surface area contributed by atoms with Gasteiger partial charge < -0.3 is 5.32 Å². The van der Waals surface area contributed by atoms with E-state index in [2.05, 4.69) is 63.1 Å². The molecule has 0 saturated heterocycles. The highest BCUT2D eigenvalue weighted by molar-refractivity contribution is 6.78. The lowest BCUT2D eigenvalue weighted by Gasteiger charge is -2.27. The maximum atomic E-state index is 3.57. The number of hydrogen-bond acceptors (Lipinski definition) is 1. The van der Waals surface area contributed by atoms with Crippen LogP contribution in [0.3, 0.4) is 0 Å². The molecule has 2 heteroatoms. The van der Waals surface area contributed by atoms with Gasteiger partial charge in [-0.2, -0.15) is 0 Å². The Morgan fingerprint density at radius 1 is 1.07 bits per heavy atom. The second-order valence-corrected chi connectivity index (χ2v) is 10.7. The maximum absolute atomic E-state index is 3.57. The third kappa shape index (κ3) is 3.18. The van der Waals surface area contributed by atoms with Crippen LogP contribution in [0.25, 0.3) is 0 Å². The number of hydrogen-bond donors (Lipinski definition) is 1. The van der Waals surface area contributed by atoms with Crippen LogP contribution in [0.2, 0.25) is 19.6 Å². The molecule has 14 heavy (non-hydrogen) atoms. The van der Waals surface area contributed by atoms with Gasteiger partial charge in [-0.3, -0.25) is 0 Å². The Morgan fingerprint density at radius 3 is 2.00 bits per heavy atom. The molecule has 1 nitrogen and oxygen atoms in total. The van der Waals surface area contributed by atoms with E-state index in [1.165, 1.54) is 11.3 Å². The molecule has 1 unspecified atom stereocenters. The zero-order valence-electron chi connectivity index (χ0n) is 9.89. The standard InChI is InChI=1S/C12H21NSi/c1-10-6-8-12(9-7-10)13-11(2)14(3,4)5/h6-9,11,13H,1-5H3. The summed E-state index contributed by atoms with van der Waals surface area (Å²) in [6, 6.07) is 8.62. The number of nitrogens with one attached hydrogen (secondary N) is 1. The molecular formula is C12H21NSi. The summed E-state index contributed by atoms with van der Waals surface area (Å²) in [6.07, 6.45) is 0. The SMILES string of the molecule is Cc1ccc(NC(C)[Si](C)(C)C)cc1. The maximum Gasteiger partial charge on any atom is 0.0697 e. The Balaban J connectivity index is 2.65. The molecule has 0 aliphatic heterocycles. The molecule has 0 saturated carbocycles. The molecule has 0 bridgehead atoms. The molecule has 1 atom stereocenters. The number of benzene rings is 1. The predicted molar refractivity (Wildman–Crippen MR) is 67.6 cm³/mol. The van der Waals surface area contributed by atoms with Crippen molar-refractivity contribution in [1.82, 2.24) is 0 Å². The van der Waals surface area contributed by atoms with Gasteiger partial charge in [-0.1, -0.05) is 37.3 Å². The van der Waals surface area contributed by atoms with Gasteiger partial charge in [0.05, 0.1) is 8.07 Å². The lowest BCUT2D eigenvalue weighted by Crippen LogP contribution is -2.41. The van der Waals surface area contributed by atoms with Crippen molar-refractivity contribution in [2.45, 2.75) is 39.2 Å². The van der Waals surface area contributed by atoms with E-state index >= 15 is 0 Å². The molecule has 0 radical (unpaired) electrons. The molecule has 1 N–H and O–H groups in total. The monoisotopic (exact) mass is 207 g/mol. The van der Waals surface area contributed by atoms with Crippen LogP contribution in [-0.2, 0) is 0 Å². The van der Waals surface area contributed by atoms with Crippen LogP contribution < -0.4 is 5.32 Å². The van der Waals surface area contributed by atoms with Crippen LogP contribution >= 0.6 is 0 Å². The Labute approximate surface area is 88.6 Å². The highest BCUT2D eigenvalue weighted by Crippen LogP contribution is 2.15. The fourth-order valence-corrected chi connectivity index (χ4v) is 1.72. The van der Waals surface area contributed by atoms with Crippen LogP contribution in [0.15, 0.2) is 24.3 Å². The summed E-state index contributed by atoms with van der Waals surface area (Å²) >= 11 is 0. The van der Waals surface area contributed by atoms with Crippen molar-refractivity contribution in [2.75, 3.05) is 5.32 Å². The van der Waals surface area contributed by atoms with Crippen LogP contribution in [0, 0.1) is 6.92 Å². The normalized spacial score (nSPS) is 13.8. The third-order valence-electron chi connectivity index (χ3n) is 2.73. The van der Waals surface area contributed by atoms with Crippen molar-refractivity contribution in [2.24, 2.45) is 0 Å². The van der Waals surface area contributed by atoms with E-state index in [0.29, 0.717) is 5.67 Å². The molecule has 1 aromatic rings. The molecular weight excluding hydrogens is 186 g/mol. The average Bonchev–Trinajstić information content (AvgIpc) is 2.07. The second kappa shape index (κ2) is 4.18. The van der Waals surface area contributed by atoms with Gasteiger partial charge in [0.2, 0.25) is 0 Å². The Bertz CT molecular complexity index is 284. The first-order valence-electron chi connectivity index (χ1n) is 5.23.